The molecule has 118 valence electrons. The second-order valence-electron chi connectivity index (χ2n) is 6.85. The van der Waals surface area contributed by atoms with E-state index in [2.05, 4.69) is 36.6 Å². The SMILES string of the molecule is Cc1ccc(C(C)NC2CC(NC(=O)OC(C)(C)C)C2)s1. The Kier molecular flexibility index (Phi) is 4.94. The van der Waals surface area contributed by atoms with Gasteiger partial charge in [0.2, 0.25) is 0 Å². The highest BCUT2D eigenvalue weighted by Crippen LogP contribution is 2.27. The fourth-order valence-corrected chi connectivity index (χ4v) is 3.36. The lowest BCUT2D eigenvalue weighted by Gasteiger charge is -2.38. The largest absolute Gasteiger partial charge is 0.444 e. The first-order valence-electron chi connectivity index (χ1n) is 7.55. The van der Waals surface area contributed by atoms with E-state index in [1.165, 1.54) is 9.75 Å². The number of thiophene rings is 1. The maximum atomic E-state index is 11.7. The summed E-state index contributed by atoms with van der Waals surface area (Å²) < 4.78 is 5.26. The number of rotatable bonds is 4. The highest BCUT2D eigenvalue weighted by atomic mass is 32.1. The van der Waals surface area contributed by atoms with E-state index in [4.69, 9.17) is 4.74 Å². The lowest BCUT2D eigenvalue weighted by molar-refractivity contribution is 0.0463. The summed E-state index contributed by atoms with van der Waals surface area (Å²) in [5.74, 6) is 0. The third kappa shape index (κ3) is 5.00. The number of hydrogen-bond acceptors (Lipinski definition) is 4. The zero-order valence-electron chi connectivity index (χ0n) is 13.5. The van der Waals surface area contributed by atoms with Crippen LogP contribution in [0.4, 0.5) is 4.79 Å². The van der Waals surface area contributed by atoms with E-state index in [0.29, 0.717) is 12.1 Å². The van der Waals surface area contributed by atoms with Crippen LogP contribution in [0.1, 0.15) is 56.3 Å². The summed E-state index contributed by atoms with van der Waals surface area (Å²) >= 11 is 1.84. The van der Waals surface area contributed by atoms with Gasteiger partial charge < -0.3 is 15.4 Å². The van der Waals surface area contributed by atoms with Gasteiger partial charge in [-0.3, -0.25) is 0 Å². The van der Waals surface area contributed by atoms with Gasteiger partial charge in [0.05, 0.1) is 0 Å². The summed E-state index contributed by atoms with van der Waals surface area (Å²) in [6, 6.07) is 5.42. The van der Waals surface area contributed by atoms with Crippen molar-refractivity contribution in [2.24, 2.45) is 0 Å². The molecule has 5 heteroatoms. The minimum atomic E-state index is -0.434. The van der Waals surface area contributed by atoms with E-state index in [-0.39, 0.29) is 12.1 Å². The Morgan fingerprint density at radius 3 is 2.52 bits per heavy atom. The van der Waals surface area contributed by atoms with Gasteiger partial charge in [0.1, 0.15) is 5.60 Å². The van der Waals surface area contributed by atoms with Crippen LogP contribution >= 0.6 is 11.3 Å². The molecule has 1 fully saturated rings. The molecule has 0 aliphatic heterocycles. The monoisotopic (exact) mass is 310 g/mol. The molecule has 21 heavy (non-hydrogen) atoms. The molecule has 1 saturated carbocycles. The second kappa shape index (κ2) is 6.36. The Hall–Kier alpha value is -1.07. The van der Waals surface area contributed by atoms with Crippen molar-refractivity contribution >= 4 is 17.4 Å². The fraction of sp³-hybridized carbons (Fsp3) is 0.688. The molecule has 1 atom stereocenters. The van der Waals surface area contributed by atoms with Gasteiger partial charge in [0.15, 0.2) is 0 Å². The maximum Gasteiger partial charge on any atom is 0.407 e. The van der Waals surface area contributed by atoms with Crippen LogP contribution in [0.3, 0.4) is 0 Å². The van der Waals surface area contributed by atoms with Crippen LogP contribution in [0.5, 0.6) is 0 Å². The minimum Gasteiger partial charge on any atom is -0.444 e. The number of amides is 1. The predicted molar refractivity (Wildman–Crippen MR) is 86.8 cm³/mol. The van der Waals surface area contributed by atoms with Crippen LogP contribution < -0.4 is 10.6 Å². The quantitative estimate of drug-likeness (QED) is 0.890. The molecule has 0 saturated heterocycles. The topological polar surface area (TPSA) is 50.4 Å². The Balaban J connectivity index is 1.68. The molecule has 0 bridgehead atoms. The van der Waals surface area contributed by atoms with Gasteiger partial charge in [-0.05, 0) is 59.6 Å². The summed E-state index contributed by atoms with van der Waals surface area (Å²) in [6.45, 7) is 9.96. The summed E-state index contributed by atoms with van der Waals surface area (Å²) in [5.41, 5.74) is -0.434. The van der Waals surface area contributed by atoms with Gasteiger partial charge in [-0.1, -0.05) is 0 Å². The molecule has 4 nitrogen and oxygen atoms in total. The summed E-state index contributed by atoms with van der Waals surface area (Å²) in [6.07, 6.45) is 1.62. The van der Waals surface area contributed by atoms with E-state index in [9.17, 15) is 4.79 Å². The number of ether oxygens (including phenoxy) is 1. The van der Waals surface area contributed by atoms with Gasteiger partial charge in [-0.15, -0.1) is 11.3 Å². The zero-order valence-corrected chi connectivity index (χ0v) is 14.3. The molecular weight excluding hydrogens is 284 g/mol. The Morgan fingerprint density at radius 1 is 1.33 bits per heavy atom. The molecule has 0 spiro atoms. The normalized spacial score (nSPS) is 23.3. The molecule has 2 rings (SSSR count). The predicted octanol–water partition coefficient (Wildman–Crippen LogP) is 3.76. The number of nitrogens with one attached hydrogen (secondary N) is 2. The average molecular weight is 310 g/mol. The van der Waals surface area contributed by atoms with Gasteiger partial charge >= 0.3 is 6.09 Å². The molecule has 1 aliphatic rings. The van der Waals surface area contributed by atoms with Crippen molar-refractivity contribution in [1.29, 1.82) is 0 Å². The van der Waals surface area contributed by atoms with E-state index in [0.717, 1.165) is 12.8 Å². The molecule has 1 amide bonds. The number of aryl methyl sites for hydroxylation is 1. The zero-order chi connectivity index (χ0) is 15.6. The number of carbonyl (C=O) groups is 1. The third-order valence-corrected chi connectivity index (χ3v) is 4.72. The van der Waals surface area contributed by atoms with E-state index >= 15 is 0 Å². The van der Waals surface area contributed by atoms with E-state index in [1.807, 2.05) is 32.1 Å². The Labute approximate surface area is 131 Å². The van der Waals surface area contributed by atoms with Crippen LogP contribution in [0.15, 0.2) is 12.1 Å². The lowest BCUT2D eigenvalue weighted by Crippen LogP contribution is -2.53. The first kappa shape index (κ1) is 16.3. The third-order valence-electron chi connectivity index (χ3n) is 3.53. The molecule has 1 aromatic rings. The number of hydrogen-bond donors (Lipinski definition) is 2. The van der Waals surface area contributed by atoms with Crippen molar-refractivity contribution in [2.45, 2.75) is 71.2 Å². The summed E-state index contributed by atoms with van der Waals surface area (Å²) in [5, 5.41) is 6.54. The van der Waals surface area contributed by atoms with Crippen molar-refractivity contribution in [3.05, 3.63) is 21.9 Å². The summed E-state index contributed by atoms with van der Waals surface area (Å²) in [4.78, 5) is 14.4. The van der Waals surface area contributed by atoms with Crippen molar-refractivity contribution in [2.75, 3.05) is 0 Å². The van der Waals surface area contributed by atoms with Crippen LogP contribution in [-0.4, -0.2) is 23.8 Å². The van der Waals surface area contributed by atoms with Crippen LogP contribution in [0.25, 0.3) is 0 Å². The smallest absolute Gasteiger partial charge is 0.407 e. The Morgan fingerprint density at radius 2 is 2.00 bits per heavy atom. The summed E-state index contributed by atoms with van der Waals surface area (Å²) in [7, 11) is 0. The standard InChI is InChI=1S/C16H26N2O2S/c1-10-6-7-14(21-10)11(2)17-12-8-13(9-12)18-15(19)20-16(3,4)5/h6-7,11-13,17H,8-9H2,1-5H3,(H,18,19). The van der Waals surface area contributed by atoms with Gasteiger partial charge in [-0.25, -0.2) is 4.79 Å². The number of carbonyl (C=O) groups excluding carboxylic acids is 1. The van der Waals surface area contributed by atoms with Gasteiger partial charge in [0.25, 0.3) is 0 Å². The molecule has 1 heterocycles. The Bertz CT molecular complexity index is 487. The van der Waals surface area contributed by atoms with Gasteiger partial charge in [0, 0.05) is 27.9 Å². The van der Waals surface area contributed by atoms with Crippen molar-refractivity contribution in [3.8, 4) is 0 Å². The molecule has 0 radical (unpaired) electrons. The highest BCUT2D eigenvalue weighted by Gasteiger charge is 2.32. The first-order valence-corrected chi connectivity index (χ1v) is 8.36. The average Bonchev–Trinajstić information content (AvgIpc) is 2.70. The maximum absolute atomic E-state index is 11.7. The van der Waals surface area contributed by atoms with Crippen molar-refractivity contribution in [3.63, 3.8) is 0 Å². The molecular formula is C16H26N2O2S. The molecule has 1 unspecified atom stereocenters. The minimum absolute atomic E-state index is 0.231. The van der Waals surface area contributed by atoms with Crippen LogP contribution in [0.2, 0.25) is 0 Å². The highest BCUT2D eigenvalue weighted by molar-refractivity contribution is 7.12. The van der Waals surface area contributed by atoms with E-state index < -0.39 is 5.60 Å². The van der Waals surface area contributed by atoms with Crippen molar-refractivity contribution < 1.29 is 9.53 Å². The van der Waals surface area contributed by atoms with E-state index in [1.54, 1.807) is 0 Å². The molecule has 2 N–H and O–H groups in total. The molecule has 0 aromatic carbocycles. The van der Waals surface area contributed by atoms with Crippen LogP contribution in [0, 0.1) is 6.92 Å². The second-order valence-corrected chi connectivity index (χ2v) is 8.17. The lowest BCUT2D eigenvalue weighted by atomic mass is 9.86. The van der Waals surface area contributed by atoms with Gasteiger partial charge in [-0.2, -0.15) is 0 Å². The fourth-order valence-electron chi connectivity index (χ4n) is 2.47. The van der Waals surface area contributed by atoms with Crippen LogP contribution in [-0.2, 0) is 4.74 Å². The number of alkyl carbamates (subject to hydrolysis) is 1. The molecule has 1 aliphatic carbocycles. The van der Waals surface area contributed by atoms with Crippen molar-refractivity contribution in [1.82, 2.24) is 10.6 Å². The molecule has 1 aromatic heterocycles. The first-order chi connectivity index (χ1) is 9.73.